The van der Waals surface area contributed by atoms with Crippen molar-refractivity contribution in [1.29, 1.82) is 0 Å². The molecule has 27 heavy (non-hydrogen) atoms. The Labute approximate surface area is 158 Å². The predicted octanol–water partition coefficient (Wildman–Crippen LogP) is 2.50. The van der Waals surface area contributed by atoms with Crippen LogP contribution in [0.15, 0.2) is 35.4 Å². The lowest BCUT2D eigenvalue weighted by Gasteiger charge is -2.08. The smallest absolute Gasteiger partial charge is 0.346 e. The molecule has 0 radical (unpaired) electrons. The third-order valence-corrected chi connectivity index (χ3v) is 5.06. The molecule has 8 nitrogen and oxygen atoms in total. The van der Waals surface area contributed by atoms with Gasteiger partial charge in [-0.2, -0.15) is 0 Å². The number of amides is 1. The fraction of sp³-hybridized carbons (Fsp3) is 0.222. The Hall–Kier alpha value is -3.20. The summed E-state index contributed by atoms with van der Waals surface area (Å²) in [5.41, 5.74) is 0.495. The SMILES string of the molecule is CCOc1ccc(NC(=O)Cn2cnc3sc(C(=O)O)c(C)c3c2=O)cc1. The summed E-state index contributed by atoms with van der Waals surface area (Å²) < 4.78 is 6.51. The maximum atomic E-state index is 12.6. The van der Waals surface area contributed by atoms with E-state index in [0.717, 1.165) is 15.9 Å². The molecule has 2 heterocycles. The fourth-order valence-electron chi connectivity index (χ4n) is 2.63. The number of nitrogens with one attached hydrogen (secondary N) is 1. The third kappa shape index (κ3) is 3.82. The molecule has 1 aromatic carbocycles. The number of carbonyl (C=O) groups is 2. The number of hydrogen-bond donors (Lipinski definition) is 2. The monoisotopic (exact) mass is 387 g/mol. The number of nitrogens with zero attached hydrogens (tertiary/aromatic N) is 2. The van der Waals surface area contributed by atoms with Crippen LogP contribution in [0.4, 0.5) is 5.69 Å². The Morgan fingerprint density at radius 2 is 2.00 bits per heavy atom. The molecular formula is C18H17N3O5S. The topological polar surface area (TPSA) is 111 Å². The van der Waals surface area contributed by atoms with Gasteiger partial charge in [-0.1, -0.05) is 0 Å². The molecule has 0 aliphatic rings. The zero-order valence-electron chi connectivity index (χ0n) is 14.7. The van der Waals surface area contributed by atoms with Crippen LogP contribution >= 0.6 is 11.3 Å². The van der Waals surface area contributed by atoms with Crippen molar-refractivity contribution < 1.29 is 19.4 Å². The van der Waals surface area contributed by atoms with Crippen molar-refractivity contribution in [3.8, 4) is 5.75 Å². The highest BCUT2D eigenvalue weighted by atomic mass is 32.1. The van der Waals surface area contributed by atoms with Gasteiger partial charge in [0, 0.05) is 5.69 Å². The fourth-order valence-corrected chi connectivity index (χ4v) is 3.61. The lowest BCUT2D eigenvalue weighted by Crippen LogP contribution is -2.27. The summed E-state index contributed by atoms with van der Waals surface area (Å²) in [4.78, 5) is 40.7. The van der Waals surface area contributed by atoms with Gasteiger partial charge in [-0.05, 0) is 43.7 Å². The van der Waals surface area contributed by atoms with E-state index in [1.807, 2.05) is 6.92 Å². The summed E-state index contributed by atoms with van der Waals surface area (Å²) in [6.07, 6.45) is 1.25. The lowest BCUT2D eigenvalue weighted by molar-refractivity contribution is -0.116. The van der Waals surface area contributed by atoms with Gasteiger partial charge in [-0.15, -0.1) is 11.3 Å². The zero-order chi connectivity index (χ0) is 19.6. The highest BCUT2D eigenvalue weighted by molar-refractivity contribution is 7.20. The number of carboxylic acid groups (broad SMARTS) is 1. The molecule has 9 heteroatoms. The number of aromatic nitrogens is 2. The van der Waals surface area contributed by atoms with Crippen LogP contribution in [0.5, 0.6) is 5.75 Å². The predicted molar refractivity (Wildman–Crippen MR) is 102 cm³/mol. The van der Waals surface area contributed by atoms with Crippen molar-refractivity contribution in [3.05, 3.63) is 51.4 Å². The van der Waals surface area contributed by atoms with Crippen molar-refractivity contribution in [2.45, 2.75) is 20.4 Å². The molecule has 0 spiro atoms. The Morgan fingerprint density at radius 1 is 1.30 bits per heavy atom. The first-order valence-corrected chi connectivity index (χ1v) is 8.97. The van der Waals surface area contributed by atoms with Crippen LogP contribution in [0, 0.1) is 6.92 Å². The molecule has 3 rings (SSSR count). The molecule has 140 valence electrons. The van der Waals surface area contributed by atoms with Crippen LogP contribution in [0.2, 0.25) is 0 Å². The quantitative estimate of drug-likeness (QED) is 0.672. The summed E-state index contributed by atoms with van der Waals surface area (Å²) >= 11 is 0.945. The van der Waals surface area contributed by atoms with Crippen molar-refractivity contribution in [2.24, 2.45) is 0 Å². The summed E-state index contributed by atoms with van der Waals surface area (Å²) in [5, 5.41) is 12.1. The van der Waals surface area contributed by atoms with E-state index in [1.54, 1.807) is 31.2 Å². The van der Waals surface area contributed by atoms with E-state index >= 15 is 0 Å². The molecule has 2 N–H and O–H groups in total. The second-order valence-corrected chi connectivity index (χ2v) is 6.72. The van der Waals surface area contributed by atoms with E-state index in [4.69, 9.17) is 4.74 Å². The van der Waals surface area contributed by atoms with Gasteiger partial charge in [0.15, 0.2) is 0 Å². The van der Waals surface area contributed by atoms with E-state index in [1.165, 1.54) is 6.33 Å². The summed E-state index contributed by atoms with van der Waals surface area (Å²) in [5.74, 6) is -0.799. The van der Waals surface area contributed by atoms with Crippen LogP contribution in [-0.4, -0.2) is 33.1 Å². The first kappa shape index (κ1) is 18.6. The highest BCUT2D eigenvalue weighted by Crippen LogP contribution is 2.26. The van der Waals surface area contributed by atoms with Crippen molar-refractivity contribution >= 4 is 39.1 Å². The molecule has 0 aliphatic carbocycles. The number of carbonyl (C=O) groups excluding carboxylic acids is 1. The second kappa shape index (κ2) is 7.58. The molecule has 0 saturated heterocycles. The van der Waals surface area contributed by atoms with Crippen LogP contribution in [0.3, 0.4) is 0 Å². The van der Waals surface area contributed by atoms with Gasteiger partial charge in [0.25, 0.3) is 5.56 Å². The molecule has 0 atom stereocenters. The number of thiophene rings is 1. The molecule has 3 aromatic rings. The van der Waals surface area contributed by atoms with E-state index < -0.39 is 17.4 Å². The summed E-state index contributed by atoms with van der Waals surface area (Å²) in [6.45, 7) is 3.77. The molecular weight excluding hydrogens is 370 g/mol. The number of ether oxygens (including phenoxy) is 1. The first-order chi connectivity index (χ1) is 12.9. The number of carboxylic acids is 1. The minimum Gasteiger partial charge on any atom is -0.494 e. The van der Waals surface area contributed by atoms with E-state index in [2.05, 4.69) is 10.3 Å². The van der Waals surface area contributed by atoms with Crippen LogP contribution in [0.1, 0.15) is 22.2 Å². The van der Waals surface area contributed by atoms with Gasteiger partial charge in [0.1, 0.15) is 22.0 Å². The van der Waals surface area contributed by atoms with E-state index in [0.29, 0.717) is 28.4 Å². The number of benzene rings is 1. The summed E-state index contributed by atoms with van der Waals surface area (Å²) in [7, 11) is 0. The number of aromatic carboxylic acids is 1. The van der Waals surface area contributed by atoms with Gasteiger partial charge in [0.05, 0.1) is 18.3 Å². The molecule has 1 amide bonds. The van der Waals surface area contributed by atoms with Gasteiger partial charge in [0.2, 0.25) is 5.91 Å². The second-order valence-electron chi connectivity index (χ2n) is 5.72. The molecule has 0 unspecified atom stereocenters. The first-order valence-electron chi connectivity index (χ1n) is 8.15. The number of fused-ring (bicyclic) bond motifs is 1. The van der Waals surface area contributed by atoms with Crippen molar-refractivity contribution in [1.82, 2.24) is 9.55 Å². The number of aryl methyl sites for hydroxylation is 1. The Kier molecular flexibility index (Phi) is 5.22. The Bertz CT molecular complexity index is 1070. The number of anilines is 1. The lowest BCUT2D eigenvalue weighted by atomic mass is 10.2. The van der Waals surface area contributed by atoms with Crippen molar-refractivity contribution in [2.75, 3.05) is 11.9 Å². The minimum atomic E-state index is -1.10. The van der Waals surface area contributed by atoms with Crippen molar-refractivity contribution in [3.63, 3.8) is 0 Å². The molecule has 0 bridgehead atoms. The molecule has 0 saturated carbocycles. The summed E-state index contributed by atoms with van der Waals surface area (Å²) in [6, 6.07) is 6.88. The van der Waals surface area contributed by atoms with Gasteiger partial charge >= 0.3 is 5.97 Å². The van der Waals surface area contributed by atoms with Crippen LogP contribution < -0.4 is 15.6 Å². The van der Waals surface area contributed by atoms with Crippen LogP contribution in [-0.2, 0) is 11.3 Å². The maximum absolute atomic E-state index is 12.6. The zero-order valence-corrected chi connectivity index (χ0v) is 15.5. The average Bonchev–Trinajstić information content (AvgIpc) is 2.97. The van der Waals surface area contributed by atoms with Gasteiger partial charge in [-0.3, -0.25) is 14.2 Å². The highest BCUT2D eigenvalue weighted by Gasteiger charge is 2.19. The van der Waals surface area contributed by atoms with Gasteiger partial charge in [-0.25, -0.2) is 9.78 Å². The van der Waals surface area contributed by atoms with E-state index in [9.17, 15) is 19.5 Å². The van der Waals surface area contributed by atoms with E-state index in [-0.39, 0.29) is 16.8 Å². The third-order valence-electron chi connectivity index (χ3n) is 3.87. The normalized spacial score (nSPS) is 10.7. The Morgan fingerprint density at radius 3 is 2.63 bits per heavy atom. The van der Waals surface area contributed by atoms with Crippen LogP contribution in [0.25, 0.3) is 10.2 Å². The molecule has 0 aliphatic heterocycles. The number of hydrogen-bond acceptors (Lipinski definition) is 6. The van der Waals surface area contributed by atoms with Gasteiger partial charge < -0.3 is 15.2 Å². The standard InChI is InChI=1S/C18H17N3O5S/c1-3-26-12-6-4-11(5-7-12)20-13(22)8-21-9-19-16-14(17(21)23)10(2)15(27-16)18(24)25/h4-7,9H,3,8H2,1-2H3,(H,20,22)(H,24,25). The molecule has 2 aromatic heterocycles. The Balaban J connectivity index is 1.80. The largest absolute Gasteiger partial charge is 0.494 e. The maximum Gasteiger partial charge on any atom is 0.346 e. The minimum absolute atomic E-state index is 0.0752. The average molecular weight is 387 g/mol. The number of rotatable bonds is 6. The molecule has 0 fully saturated rings.